The van der Waals surface area contributed by atoms with E-state index in [0.29, 0.717) is 0 Å². The number of methoxy groups -OCH3 is 1. The summed E-state index contributed by atoms with van der Waals surface area (Å²) in [5.41, 5.74) is 0.829. The van der Waals surface area contributed by atoms with Crippen LogP contribution in [0.1, 0.15) is 20.8 Å². The molecule has 0 aliphatic rings. The third kappa shape index (κ3) is 3.19. The third-order valence-corrected chi connectivity index (χ3v) is 2.07. The first-order valence-electron chi connectivity index (χ1n) is 4.55. The van der Waals surface area contributed by atoms with Crippen LogP contribution in [0.15, 0.2) is 12.2 Å². The van der Waals surface area contributed by atoms with E-state index in [1.165, 1.54) is 7.11 Å². The van der Waals surface area contributed by atoms with Gasteiger partial charge in [-0.1, -0.05) is 26.0 Å². The molecule has 3 heteroatoms. The van der Waals surface area contributed by atoms with Crippen molar-refractivity contribution in [3.05, 3.63) is 12.2 Å². The Hall–Kier alpha value is -0.830. The van der Waals surface area contributed by atoms with Crippen LogP contribution in [0.2, 0.25) is 0 Å². The molecule has 1 atom stereocenters. The Morgan fingerprint density at radius 2 is 1.92 bits per heavy atom. The lowest BCUT2D eigenvalue weighted by atomic mass is 10.1. The number of likely N-dealkylation sites (N-methyl/N-ethyl adjacent to an activating group) is 1. The molecule has 0 amide bonds. The molecule has 0 bridgehead atoms. The fraction of sp³-hybridized carbons (Fsp3) is 0.700. The molecule has 0 rings (SSSR count). The first kappa shape index (κ1) is 12.2. The summed E-state index contributed by atoms with van der Waals surface area (Å²) in [6.45, 7) is 11.3. The van der Waals surface area contributed by atoms with Crippen LogP contribution < -0.4 is 0 Å². The fourth-order valence-corrected chi connectivity index (χ4v) is 1.36. The van der Waals surface area contributed by atoms with Crippen molar-refractivity contribution in [1.82, 2.24) is 4.90 Å². The maximum Gasteiger partial charge on any atom is 0.327 e. The molecule has 0 saturated heterocycles. The van der Waals surface area contributed by atoms with Gasteiger partial charge >= 0.3 is 5.97 Å². The van der Waals surface area contributed by atoms with Crippen LogP contribution in [0.4, 0.5) is 0 Å². The highest BCUT2D eigenvalue weighted by Crippen LogP contribution is 2.09. The van der Waals surface area contributed by atoms with Crippen molar-refractivity contribution in [3.8, 4) is 0 Å². The van der Waals surface area contributed by atoms with Gasteiger partial charge in [-0.15, -0.1) is 0 Å². The molecule has 3 nitrogen and oxygen atoms in total. The van der Waals surface area contributed by atoms with Crippen molar-refractivity contribution in [2.24, 2.45) is 0 Å². The lowest BCUT2D eigenvalue weighted by molar-refractivity contribution is -0.145. The fourth-order valence-electron chi connectivity index (χ4n) is 1.36. The van der Waals surface area contributed by atoms with Gasteiger partial charge in [-0.3, -0.25) is 9.69 Å². The van der Waals surface area contributed by atoms with E-state index in [-0.39, 0.29) is 12.0 Å². The Morgan fingerprint density at radius 3 is 2.15 bits per heavy atom. The normalized spacial score (nSPS) is 12.7. The van der Waals surface area contributed by atoms with E-state index in [2.05, 4.69) is 6.58 Å². The lowest BCUT2D eigenvalue weighted by Crippen LogP contribution is -2.42. The Balaban J connectivity index is 4.57. The van der Waals surface area contributed by atoms with E-state index < -0.39 is 0 Å². The van der Waals surface area contributed by atoms with Crippen LogP contribution >= 0.6 is 0 Å². The van der Waals surface area contributed by atoms with E-state index in [4.69, 9.17) is 4.74 Å². The van der Waals surface area contributed by atoms with Crippen molar-refractivity contribution in [2.45, 2.75) is 26.8 Å². The van der Waals surface area contributed by atoms with Gasteiger partial charge in [0.05, 0.1) is 7.11 Å². The third-order valence-electron chi connectivity index (χ3n) is 2.07. The smallest absolute Gasteiger partial charge is 0.327 e. The summed E-state index contributed by atoms with van der Waals surface area (Å²) in [5.74, 6) is -0.226. The molecule has 0 spiro atoms. The number of hydrogen-bond acceptors (Lipinski definition) is 3. The molecule has 0 radical (unpaired) electrons. The van der Waals surface area contributed by atoms with Crippen molar-refractivity contribution in [1.29, 1.82) is 0 Å². The second-order valence-corrected chi connectivity index (χ2v) is 2.99. The summed E-state index contributed by atoms with van der Waals surface area (Å²) in [6.07, 6.45) is 0. The first-order valence-corrected chi connectivity index (χ1v) is 4.55. The van der Waals surface area contributed by atoms with Crippen molar-refractivity contribution < 1.29 is 9.53 Å². The summed E-state index contributed by atoms with van der Waals surface area (Å²) < 4.78 is 4.72. The highest BCUT2D eigenvalue weighted by atomic mass is 16.5. The molecule has 0 aliphatic heterocycles. The topological polar surface area (TPSA) is 29.5 Å². The Morgan fingerprint density at radius 1 is 1.46 bits per heavy atom. The molecular weight excluding hydrogens is 166 g/mol. The van der Waals surface area contributed by atoms with Crippen molar-refractivity contribution >= 4 is 5.97 Å². The standard InChI is InChI=1S/C10H19NO2/c1-6-11(7-2)9(8(3)4)10(12)13-5/h9H,3,6-7H2,1-2,4-5H3. The van der Waals surface area contributed by atoms with Gasteiger partial charge in [0, 0.05) is 0 Å². The summed E-state index contributed by atoms with van der Waals surface area (Å²) >= 11 is 0. The molecule has 0 aromatic carbocycles. The predicted octanol–water partition coefficient (Wildman–Crippen LogP) is 1.45. The summed E-state index contributed by atoms with van der Waals surface area (Å²) in [5, 5.41) is 0. The van der Waals surface area contributed by atoms with E-state index in [0.717, 1.165) is 18.7 Å². The van der Waals surface area contributed by atoms with Crippen LogP contribution in [0, 0.1) is 0 Å². The minimum absolute atomic E-state index is 0.226. The van der Waals surface area contributed by atoms with Crippen molar-refractivity contribution in [2.75, 3.05) is 20.2 Å². The number of nitrogens with zero attached hydrogens (tertiary/aromatic N) is 1. The SMILES string of the molecule is C=C(C)C(C(=O)OC)N(CC)CC. The van der Waals surface area contributed by atoms with Gasteiger partial charge in [-0.25, -0.2) is 0 Å². The highest BCUT2D eigenvalue weighted by Gasteiger charge is 2.24. The minimum Gasteiger partial charge on any atom is -0.468 e. The molecule has 0 saturated carbocycles. The maximum absolute atomic E-state index is 11.4. The highest BCUT2D eigenvalue weighted by molar-refractivity contribution is 5.79. The molecule has 76 valence electrons. The quantitative estimate of drug-likeness (QED) is 0.479. The number of ether oxygens (including phenoxy) is 1. The largest absolute Gasteiger partial charge is 0.468 e. The second kappa shape index (κ2) is 5.75. The summed E-state index contributed by atoms with van der Waals surface area (Å²) in [4.78, 5) is 13.4. The van der Waals surface area contributed by atoms with Gasteiger partial charge in [0.15, 0.2) is 0 Å². The number of carbonyl (C=O) groups is 1. The maximum atomic E-state index is 11.4. The number of esters is 1. The average Bonchev–Trinajstić information content (AvgIpc) is 2.12. The Kier molecular flexibility index (Phi) is 5.39. The average molecular weight is 185 g/mol. The molecule has 0 aromatic heterocycles. The van der Waals surface area contributed by atoms with E-state index in [1.807, 2.05) is 25.7 Å². The number of rotatable bonds is 5. The Labute approximate surface area is 80.4 Å². The first-order chi connectivity index (χ1) is 6.08. The van der Waals surface area contributed by atoms with Crippen LogP contribution in [0.3, 0.4) is 0 Å². The van der Waals surface area contributed by atoms with Gasteiger partial charge in [-0.2, -0.15) is 0 Å². The van der Waals surface area contributed by atoms with Crippen LogP contribution in [-0.2, 0) is 9.53 Å². The molecule has 1 unspecified atom stereocenters. The molecule has 0 heterocycles. The van der Waals surface area contributed by atoms with Gasteiger partial charge in [0.2, 0.25) is 0 Å². The van der Waals surface area contributed by atoms with Crippen LogP contribution in [0.5, 0.6) is 0 Å². The van der Waals surface area contributed by atoms with Gasteiger partial charge < -0.3 is 4.74 Å². The molecule has 0 aromatic rings. The molecular formula is C10H19NO2. The summed E-state index contributed by atoms with van der Waals surface area (Å²) in [7, 11) is 1.40. The zero-order valence-corrected chi connectivity index (χ0v) is 8.96. The lowest BCUT2D eigenvalue weighted by Gasteiger charge is -2.27. The van der Waals surface area contributed by atoms with Crippen LogP contribution in [0.25, 0.3) is 0 Å². The second-order valence-electron chi connectivity index (χ2n) is 2.99. The van der Waals surface area contributed by atoms with E-state index >= 15 is 0 Å². The monoisotopic (exact) mass is 185 g/mol. The molecule has 0 fully saturated rings. The Bertz CT molecular complexity index is 185. The van der Waals surface area contributed by atoms with Crippen molar-refractivity contribution in [3.63, 3.8) is 0 Å². The molecule has 0 N–H and O–H groups in total. The van der Waals surface area contributed by atoms with Crippen LogP contribution in [-0.4, -0.2) is 37.1 Å². The van der Waals surface area contributed by atoms with Gasteiger partial charge in [0.1, 0.15) is 6.04 Å². The molecule has 0 aliphatic carbocycles. The van der Waals surface area contributed by atoms with Gasteiger partial charge in [-0.05, 0) is 20.0 Å². The molecule has 13 heavy (non-hydrogen) atoms. The number of hydrogen-bond donors (Lipinski definition) is 0. The zero-order valence-electron chi connectivity index (χ0n) is 8.96. The number of carbonyl (C=O) groups excluding carboxylic acids is 1. The van der Waals surface area contributed by atoms with Gasteiger partial charge in [0.25, 0.3) is 0 Å². The van der Waals surface area contributed by atoms with E-state index in [1.54, 1.807) is 0 Å². The summed E-state index contributed by atoms with van der Waals surface area (Å²) in [6, 6.07) is -0.292. The minimum atomic E-state index is -0.292. The zero-order chi connectivity index (χ0) is 10.4. The van der Waals surface area contributed by atoms with E-state index in [9.17, 15) is 4.79 Å². The predicted molar refractivity (Wildman–Crippen MR) is 53.5 cm³/mol.